The van der Waals surface area contributed by atoms with E-state index in [1.165, 1.54) is 12.1 Å². The molecule has 31 heavy (non-hydrogen) atoms. The Morgan fingerprint density at radius 1 is 1.19 bits per heavy atom. The maximum absolute atomic E-state index is 12.4. The van der Waals surface area contributed by atoms with Crippen LogP contribution in [0.1, 0.15) is 19.8 Å². The maximum atomic E-state index is 12.4. The molecule has 2 aromatic carbocycles. The second-order valence-corrected chi connectivity index (χ2v) is 10.6. The van der Waals surface area contributed by atoms with Gasteiger partial charge in [-0.15, -0.1) is 0 Å². The first-order valence-corrected chi connectivity index (χ1v) is 12.9. The Balaban J connectivity index is 1.66. The first kappa shape index (κ1) is 23.6. The van der Waals surface area contributed by atoms with Gasteiger partial charge in [-0.25, -0.2) is 8.42 Å². The number of anilines is 2. The molecule has 166 valence electrons. The van der Waals surface area contributed by atoms with Gasteiger partial charge in [-0.1, -0.05) is 34.5 Å². The van der Waals surface area contributed by atoms with E-state index in [0.717, 1.165) is 32.1 Å². The van der Waals surface area contributed by atoms with E-state index in [-0.39, 0.29) is 40.9 Å². The molecule has 0 unspecified atom stereocenters. The molecule has 0 aliphatic carbocycles. The lowest BCUT2D eigenvalue weighted by atomic mass is 10.2. The normalized spacial score (nSPS) is 11.6. The molecule has 1 aromatic heterocycles. The summed E-state index contributed by atoms with van der Waals surface area (Å²) in [6, 6.07) is 9.89. The number of sulfonamides is 1. The van der Waals surface area contributed by atoms with Crippen molar-refractivity contribution >= 4 is 72.1 Å². The van der Waals surface area contributed by atoms with Crippen molar-refractivity contribution in [1.82, 2.24) is 4.57 Å². The average Bonchev–Trinajstić information content (AvgIpc) is 3.00. The van der Waals surface area contributed by atoms with E-state index in [0.29, 0.717) is 17.3 Å². The Morgan fingerprint density at radius 2 is 1.94 bits per heavy atom. The summed E-state index contributed by atoms with van der Waals surface area (Å²) in [6.45, 7) is 2.56. The molecule has 0 bridgehead atoms. The smallest absolute Gasteiger partial charge is 0.308 e. The second kappa shape index (κ2) is 9.60. The lowest BCUT2D eigenvalue weighted by Crippen LogP contribution is -2.31. The van der Waals surface area contributed by atoms with Gasteiger partial charge in [0.2, 0.25) is 15.9 Å². The van der Waals surface area contributed by atoms with E-state index in [1.807, 2.05) is 6.92 Å². The predicted octanol–water partition coefficient (Wildman–Crippen LogP) is 4.57. The van der Waals surface area contributed by atoms with Crippen LogP contribution in [0.15, 0.2) is 41.2 Å². The number of fused-ring (bicyclic) bond motifs is 1. The Bertz CT molecular complexity index is 1290. The number of carbonyl (C=O) groups excluding carboxylic acids is 1. The maximum Gasteiger partial charge on any atom is 0.308 e. The minimum absolute atomic E-state index is 0.0403. The summed E-state index contributed by atoms with van der Waals surface area (Å²) in [5.74, 6) is -0.257. The zero-order valence-electron chi connectivity index (χ0n) is 16.9. The van der Waals surface area contributed by atoms with Crippen LogP contribution in [0.2, 0.25) is 10.0 Å². The highest BCUT2D eigenvalue weighted by Gasteiger charge is 2.20. The highest BCUT2D eigenvalue weighted by atomic mass is 35.5. The molecule has 0 fully saturated rings. The van der Waals surface area contributed by atoms with E-state index < -0.39 is 10.0 Å². The molecule has 1 N–H and O–H groups in total. The summed E-state index contributed by atoms with van der Waals surface area (Å²) < 4.78 is 28.1. The number of hydrogen-bond donors (Lipinski definition) is 1. The number of thiazole rings is 1. The molecule has 1 heterocycles. The van der Waals surface area contributed by atoms with E-state index in [9.17, 15) is 18.0 Å². The third kappa shape index (κ3) is 5.60. The summed E-state index contributed by atoms with van der Waals surface area (Å²) in [6.07, 6.45) is 1.46. The number of rotatable bonds is 8. The van der Waals surface area contributed by atoms with Crippen LogP contribution < -0.4 is 14.5 Å². The van der Waals surface area contributed by atoms with Crippen molar-refractivity contribution in [2.45, 2.75) is 26.3 Å². The Labute approximate surface area is 194 Å². The monoisotopic (exact) mass is 501 g/mol. The number of benzene rings is 2. The standard InChI is InChI=1S/C20H21Cl2N3O4S2/c1-3-24-16-9-7-14(12-18(16)30-20(24)27)23-19(26)5-4-10-25(31(2,28)29)17-11-13(21)6-8-15(17)22/h6-9,11-12H,3-5,10H2,1-2H3,(H,23,26). The van der Waals surface area contributed by atoms with Gasteiger partial charge < -0.3 is 5.32 Å². The van der Waals surface area contributed by atoms with Crippen LogP contribution in [-0.4, -0.2) is 31.7 Å². The number of halogens is 2. The summed E-state index contributed by atoms with van der Waals surface area (Å²) >= 11 is 13.3. The largest absolute Gasteiger partial charge is 0.326 e. The van der Waals surface area contributed by atoms with Crippen LogP contribution in [0, 0.1) is 0 Å². The summed E-state index contributed by atoms with van der Waals surface area (Å²) in [4.78, 5) is 24.3. The predicted molar refractivity (Wildman–Crippen MR) is 128 cm³/mol. The number of hydrogen-bond acceptors (Lipinski definition) is 5. The fourth-order valence-electron chi connectivity index (χ4n) is 3.19. The minimum Gasteiger partial charge on any atom is -0.326 e. The van der Waals surface area contributed by atoms with Crippen molar-refractivity contribution in [3.8, 4) is 0 Å². The Morgan fingerprint density at radius 3 is 2.61 bits per heavy atom. The first-order chi connectivity index (χ1) is 14.6. The molecule has 0 aliphatic heterocycles. The topological polar surface area (TPSA) is 88.5 Å². The first-order valence-electron chi connectivity index (χ1n) is 9.46. The second-order valence-electron chi connectivity index (χ2n) is 6.88. The highest BCUT2D eigenvalue weighted by molar-refractivity contribution is 7.92. The van der Waals surface area contributed by atoms with Crippen molar-refractivity contribution in [2.75, 3.05) is 22.4 Å². The molecular formula is C20H21Cl2N3O4S2. The molecule has 0 atom stereocenters. The van der Waals surface area contributed by atoms with Crippen LogP contribution in [0.3, 0.4) is 0 Å². The van der Waals surface area contributed by atoms with E-state index in [4.69, 9.17) is 23.2 Å². The summed E-state index contributed by atoms with van der Waals surface area (Å²) in [7, 11) is -3.61. The van der Waals surface area contributed by atoms with E-state index >= 15 is 0 Å². The molecule has 11 heteroatoms. The van der Waals surface area contributed by atoms with Gasteiger partial charge in [0.1, 0.15) is 0 Å². The Kier molecular flexibility index (Phi) is 7.31. The van der Waals surface area contributed by atoms with Gasteiger partial charge >= 0.3 is 4.87 Å². The molecule has 1 amide bonds. The zero-order valence-corrected chi connectivity index (χ0v) is 20.0. The quantitative estimate of drug-likeness (QED) is 0.489. The van der Waals surface area contributed by atoms with Crippen LogP contribution in [0.4, 0.5) is 11.4 Å². The third-order valence-corrected chi connectivity index (χ3v) is 7.29. The number of carbonyl (C=O) groups is 1. The number of aromatic nitrogens is 1. The van der Waals surface area contributed by atoms with Gasteiger partial charge in [-0.05, 0) is 49.7 Å². The van der Waals surface area contributed by atoms with Gasteiger partial charge in [0.15, 0.2) is 0 Å². The van der Waals surface area contributed by atoms with Crippen LogP contribution in [0.25, 0.3) is 10.2 Å². The van der Waals surface area contributed by atoms with Crippen molar-refractivity contribution in [3.05, 3.63) is 56.1 Å². The van der Waals surface area contributed by atoms with Crippen molar-refractivity contribution in [2.24, 2.45) is 0 Å². The number of aryl methyl sites for hydroxylation is 1. The van der Waals surface area contributed by atoms with Gasteiger partial charge in [-0.2, -0.15) is 0 Å². The molecule has 0 saturated carbocycles. The van der Waals surface area contributed by atoms with Crippen molar-refractivity contribution < 1.29 is 13.2 Å². The summed E-state index contributed by atoms with van der Waals surface area (Å²) in [5, 5.41) is 3.41. The molecule has 0 spiro atoms. The fraction of sp³-hybridized carbons (Fsp3) is 0.300. The molecule has 7 nitrogen and oxygen atoms in total. The zero-order chi connectivity index (χ0) is 22.8. The average molecular weight is 502 g/mol. The fourth-order valence-corrected chi connectivity index (χ4v) is 5.59. The minimum atomic E-state index is -3.61. The van der Waals surface area contributed by atoms with E-state index in [1.54, 1.807) is 28.8 Å². The van der Waals surface area contributed by atoms with Crippen LogP contribution >= 0.6 is 34.5 Å². The molecular weight excluding hydrogens is 481 g/mol. The molecule has 0 saturated heterocycles. The van der Waals surface area contributed by atoms with Crippen molar-refractivity contribution in [3.63, 3.8) is 0 Å². The van der Waals surface area contributed by atoms with Crippen molar-refractivity contribution in [1.29, 1.82) is 0 Å². The van der Waals surface area contributed by atoms with E-state index in [2.05, 4.69) is 5.32 Å². The van der Waals surface area contributed by atoms with Crippen LogP contribution in [0.5, 0.6) is 0 Å². The molecule has 0 aliphatic rings. The lowest BCUT2D eigenvalue weighted by molar-refractivity contribution is -0.116. The number of amides is 1. The van der Waals surface area contributed by atoms with Gasteiger partial charge in [0.25, 0.3) is 0 Å². The number of nitrogens with one attached hydrogen (secondary N) is 1. The molecule has 0 radical (unpaired) electrons. The lowest BCUT2D eigenvalue weighted by Gasteiger charge is -2.23. The Hall–Kier alpha value is -2.07. The highest BCUT2D eigenvalue weighted by Crippen LogP contribution is 2.31. The van der Waals surface area contributed by atoms with Gasteiger partial charge in [0.05, 0.1) is 27.2 Å². The van der Waals surface area contributed by atoms with Gasteiger partial charge in [0, 0.05) is 30.2 Å². The summed E-state index contributed by atoms with van der Waals surface area (Å²) in [5.41, 5.74) is 1.69. The van der Waals surface area contributed by atoms with Gasteiger partial charge in [-0.3, -0.25) is 18.5 Å². The molecule has 3 aromatic rings. The SMILES string of the molecule is CCn1c(=O)sc2cc(NC(=O)CCCN(c3cc(Cl)ccc3Cl)S(C)(=O)=O)ccc21. The number of nitrogens with zero attached hydrogens (tertiary/aromatic N) is 2. The third-order valence-electron chi connectivity index (χ3n) is 4.61. The molecule has 3 rings (SSSR count). The van der Waals surface area contributed by atoms with Crippen LogP contribution in [-0.2, 0) is 21.4 Å².